The SMILES string of the molecule is CCCC[C@H]1Cc2c([nH]c3ccccc23)[C@](C)(c2ccc(F)cc2)N1C(=O)CCl. The van der Waals surface area contributed by atoms with E-state index in [4.69, 9.17) is 11.6 Å². The van der Waals surface area contributed by atoms with Crippen molar-refractivity contribution in [3.63, 3.8) is 0 Å². The van der Waals surface area contributed by atoms with Crippen molar-refractivity contribution in [2.75, 3.05) is 5.88 Å². The molecule has 1 aliphatic heterocycles. The van der Waals surface area contributed by atoms with Crippen LogP contribution < -0.4 is 0 Å². The molecule has 3 nitrogen and oxygen atoms in total. The maximum Gasteiger partial charge on any atom is 0.238 e. The molecule has 1 N–H and O–H groups in total. The lowest BCUT2D eigenvalue weighted by atomic mass is 9.77. The number of nitrogens with zero attached hydrogens (tertiary/aromatic N) is 1. The summed E-state index contributed by atoms with van der Waals surface area (Å²) in [7, 11) is 0. The molecule has 1 aliphatic rings. The molecular weight excluding hydrogens is 387 g/mol. The molecule has 0 fully saturated rings. The van der Waals surface area contributed by atoms with Crippen LogP contribution in [0.5, 0.6) is 0 Å². The Bertz CT molecular complexity index is 1030. The summed E-state index contributed by atoms with van der Waals surface area (Å²) >= 11 is 6.07. The predicted molar refractivity (Wildman–Crippen MR) is 116 cm³/mol. The van der Waals surface area contributed by atoms with E-state index in [0.717, 1.165) is 42.5 Å². The molecule has 0 saturated heterocycles. The Kier molecular flexibility index (Phi) is 5.39. The van der Waals surface area contributed by atoms with Gasteiger partial charge in [0.15, 0.2) is 0 Å². The number of alkyl halides is 1. The third kappa shape index (κ3) is 3.24. The van der Waals surface area contributed by atoms with Crippen molar-refractivity contribution < 1.29 is 9.18 Å². The van der Waals surface area contributed by atoms with Gasteiger partial charge in [0.1, 0.15) is 17.2 Å². The summed E-state index contributed by atoms with van der Waals surface area (Å²) in [6.07, 6.45) is 3.80. The molecule has 29 heavy (non-hydrogen) atoms. The first kappa shape index (κ1) is 20.0. The molecule has 0 aliphatic carbocycles. The fourth-order valence-electron chi connectivity index (χ4n) is 4.89. The Labute approximate surface area is 175 Å². The first-order valence-corrected chi connectivity index (χ1v) is 10.8. The molecule has 0 unspecified atom stereocenters. The van der Waals surface area contributed by atoms with E-state index in [0.29, 0.717) is 0 Å². The first-order valence-electron chi connectivity index (χ1n) is 10.2. The molecule has 0 spiro atoms. The van der Waals surface area contributed by atoms with Crippen molar-refractivity contribution in [1.82, 2.24) is 9.88 Å². The van der Waals surface area contributed by atoms with Crippen LogP contribution in [0.15, 0.2) is 48.5 Å². The van der Waals surface area contributed by atoms with E-state index in [1.165, 1.54) is 23.1 Å². The standard InChI is InChI=1S/C24H26ClFN2O/c1-3-4-7-18-14-20-19-8-5-6-9-21(19)27-23(20)24(2,28(18)22(29)15-25)16-10-12-17(26)13-11-16/h5-6,8-13,18,27H,3-4,7,14-15H2,1-2H3/t18-,24-/m0/s1. The van der Waals surface area contributed by atoms with E-state index >= 15 is 0 Å². The van der Waals surface area contributed by atoms with Crippen molar-refractivity contribution in [3.05, 3.63) is 71.2 Å². The van der Waals surface area contributed by atoms with Gasteiger partial charge in [-0.15, -0.1) is 11.6 Å². The molecule has 5 heteroatoms. The predicted octanol–water partition coefficient (Wildman–Crippen LogP) is 5.75. The summed E-state index contributed by atoms with van der Waals surface area (Å²) in [6.45, 7) is 4.21. The highest BCUT2D eigenvalue weighted by Gasteiger charge is 2.48. The third-order valence-corrected chi connectivity index (χ3v) is 6.50. The second kappa shape index (κ2) is 7.83. The highest BCUT2D eigenvalue weighted by molar-refractivity contribution is 6.27. The number of halogens is 2. The molecule has 152 valence electrons. The molecule has 4 rings (SSSR count). The van der Waals surface area contributed by atoms with Crippen LogP contribution in [-0.2, 0) is 16.8 Å². The number of carbonyl (C=O) groups excluding carboxylic acids is 1. The number of carbonyl (C=O) groups is 1. The van der Waals surface area contributed by atoms with Crippen molar-refractivity contribution >= 4 is 28.4 Å². The van der Waals surface area contributed by atoms with Crippen LogP contribution >= 0.6 is 11.6 Å². The summed E-state index contributed by atoms with van der Waals surface area (Å²) < 4.78 is 13.7. The highest BCUT2D eigenvalue weighted by Crippen LogP contribution is 2.46. The molecular formula is C24H26ClFN2O. The summed E-state index contributed by atoms with van der Waals surface area (Å²) in [4.78, 5) is 18.6. The topological polar surface area (TPSA) is 36.1 Å². The summed E-state index contributed by atoms with van der Waals surface area (Å²) in [6, 6.07) is 14.8. The lowest BCUT2D eigenvalue weighted by Crippen LogP contribution is -2.58. The van der Waals surface area contributed by atoms with E-state index < -0.39 is 5.54 Å². The van der Waals surface area contributed by atoms with E-state index in [1.54, 1.807) is 12.1 Å². The number of H-pyrrole nitrogens is 1. The maximum atomic E-state index is 13.7. The Morgan fingerprint density at radius 1 is 1.24 bits per heavy atom. The Balaban J connectivity index is 1.98. The fourth-order valence-corrected chi connectivity index (χ4v) is 5.02. The maximum absolute atomic E-state index is 13.7. The third-order valence-electron chi connectivity index (χ3n) is 6.27. The van der Waals surface area contributed by atoms with Gasteiger partial charge in [-0.05, 0) is 49.1 Å². The normalized spacial score (nSPS) is 21.4. The van der Waals surface area contributed by atoms with Gasteiger partial charge in [0, 0.05) is 22.6 Å². The van der Waals surface area contributed by atoms with Gasteiger partial charge >= 0.3 is 0 Å². The van der Waals surface area contributed by atoms with Gasteiger partial charge < -0.3 is 9.88 Å². The van der Waals surface area contributed by atoms with Crippen LogP contribution in [0.3, 0.4) is 0 Å². The van der Waals surface area contributed by atoms with Crippen molar-refractivity contribution in [3.8, 4) is 0 Å². The monoisotopic (exact) mass is 412 g/mol. The first-order chi connectivity index (χ1) is 14.0. The Morgan fingerprint density at radius 2 is 1.97 bits per heavy atom. The number of amides is 1. The lowest BCUT2D eigenvalue weighted by molar-refractivity contribution is -0.137. The van der Waals surface area contributed by atoms with Gasteiger partial charge in [0.05, 0.1) is 0 Å². The van der Waals surface area contributed by atoms with E-state index in [1.807, 2.05) is 17.0 Å². The molecule has 0 radical (unpaired) electrons. The minimum atomic E-state index is -0.745. The number of benzene rings is 2. The molecule has 0 saturated carbocycles. The number of hydrogen-bond acceptors (Lipinski definition) is 1. The van der Waals surface area contributed by atoms with Crippen molar-refractivity contribution in [2.45, 2.75) is 51.1 Å². The summed E-state index contributed by atoms with van der Waals surface area (Å²) in [5.74, 6) is -0.457. The van der Waals surface area contributed by atoms with Gasteiger partial charge in [-0.1, -0.05) is 50.1 Å². The zero-order chi connectivity index (χ0) is 20.6. The molecule has 2 heterocycles. The van der Waals surface area contributed by atoms with Gasteiger partial charge in [-0.25, -0.2) is 4.39 Å². The molecule has 3 aromatic rings. The van der Waals surface area contributed by atoms with Gasteiger partial charge in [0.25, 0.3) is 0 Å². The number of para-hydroxylation sites is 1. The van der Waals surface area contributed by atoms with Gasteiger partial charge in [0.2, 0.25) is 5.91 Å². The van der Waals surface area contributed by atoms with Crippen LogP contribution in [0, 0.1) is 5.82 Å². The number of fused-ring (bicyclic) bond motifs is 3. The summed E-state index contributed by atoms with van der Waals surface area (Å²) in [5.41, 5.74) is 3.43. The largest absolute Gasteiger partial charge is 0.356 e. The van der Waals surface area contributed by atoms with E-state index in [9.17, 15) is 9.18 Å². The Morgan fingerprint density at radius 3 is 2.66 bits per heavy atom. The van der Waals surface area contributed by atoms with Crippen molar-refractivity contribution in [1.29, 1.82) is 0 Å². The second-order valence-electron chi connectivity index (χ2n) is 8.00. The molecule has 0 bridgehead atoms. The number of aromatic nitrogens is 1. The molecule has 2 aromatic carbocycles. The highest BCUT2D eigenvalue weighted by atomic mass is 35.5. The molecule has 2 atom stereocenters. The summed E-state index contributed by atoms with van der Waals surface area (Å²) in [5, 5.41) is 1.19. The van der Waals surface area contributed by atoms with Crippen LogP contribution in [-0.4, -0.2) is 27.7 Å². The fraction of sp³-hybridized carbons (Fsp3) is 0.375. The number of nitrogens with one attached hydrogen (secondary N) is 1. The number of aromatic amines is 1. The van der Waals surface area contributed by atoms with E-state index in [2.05, 4.69) is 31.0 Å². The van der Waals surface area contributed by atoms with Gasteiger partial charge in [-0.3, -0.25) is 4.79 Å². The minimum absolute atomic E-state index is 0.0444. The van der Waals surface area contributed by atoms with Crippen LogP contribution in [0.4, 0.5) is 4.39 Å². The smallest absolute Gasteiger partial charge is 0.238 e. The van der Waals surface area contributed by atoms with Crippen LogP contribution in [0.25, 0.3) is 10.9 Å². The quantitative estimate of drug-likeness (QED) is 0.532. The average Bonchev–Trinajstić information content (AvgIpc) is 3.11. The van der Waals surface area contributed by atoms with Gasteiger partial charge in [-0.2, -0.15) is 0 Å². The number of hydrogen-bond donors (Lipinski definition) is 1. The van der Waals surface area contributed by atoms with Crippen LogP contribution in [0.1, 0.15) is 49.9 Å². The number of unbranched alkanes of at least 4 members (excludes halogenated alkanes) is 1. The van der Waals surface area contributed by atoms with Crippen molar-refractivity contribution in [2.24, 2.45) is 0 Å². The lowest BCUT2D eigenvalue weighted by Gasteiger charge is -2.50. The van der Waals surface area contributed by atoms with E-state index in [-0.39, 0.29) is 23.6 Å². The van der Waals surface area contributed by atoms with Crippen LogP contribution in [0.2, 0.25) is 0 Å². The zero-order valence-corrected chi connectivity index (χ0v) is 17.6. The average molecular weight is 413 g/mol. The second-order valence-corrected chi connectivity index (χ2v) is 8.27. The zero-order valence-electron chi connectivity index (χ0n) is 16.8. The Hall–Kier alpha value is -2.33. The number of rotatable bonds is 5. The molecule has 1 aromatic heterocycles. The minimum Gasteiger partial charge on any atom is -0.356 e. The molecule has 1 amide bonds.